The van der Waals surface area contributed by atoms with Crippen LogP contribution in [0.25, 0.3) is 0 Å². The van der Waals surface area contributed by atoms with Crippen molar-refractivity contribution in [3.8, 4) is 0 Å². The second kappa shape index (κ2) is 9.39. The number of carbonyl (C=O) groups is 1. The van der Waals surface area contributed by atoms with Crippen LogP contribution < -0.4 is 0 Å². The van der Waals surface area contributed by atoms with Crippen LogP contribution in [0.4, 0.5) is 0 Å². The summed E-state index contributed by atoms with van der Waals surface area (Å²) in [4.78, 5) is 15.5. The SMILES string of the molecule is Cc1cc(C)c(C)c(S(=O)(=O)N2CCC(C(=O)N(C)C3CCCCCC3)CC2)c1C. The first-order chi connectivity index (χ1) is 14.1. The summed E-state index contributed by atoms with van der Waals surface area (Å²) in [7, 11) is -1.61. The maximum absolute atomic E-state index is 13.5. The smallest absolute Gasteiger partial charge is 0.243 e. The van der Waals surface area contributed by atoms with Crippen molar-refractivity contribution in [3.63, 3.8) is 0 Å². The van der Waals surface area contributed by atoms with E-state index in [2.05, 4.69) is 6.07 Å². The lowest BCUT2D eigenvalue weighted by atomic mass is 9.95. The fraction of sp³-hybridized carbons (Fsp3) is 0.708. The highest BCUT2D eigenvalue weighted by Crippen LogP contribution is 2.32. The molecule has 1 aliphatic heterocycles. The van der Waals surface area contributed by atoms with E-state index >= 15 is 0 Å². The largest absolute Gasteiger partial charge is 0.343 e. The molecule has 168 valence electrons. The number of benzene rings is 1. The number of sulfonamides is 1. The molecular weight excluding hydrogens is 396 g/mol. The molecule has 0 radical (unpaired) electrons. The molecule has 1 saturated carbocycles. The van der Waals surface area contributed by atoms with Gasteiger partial charge < -0.3 is 4.90 Å². The van der Waals surface area contributed by atoms with Gasteiger partial charge in [0.2, 0.25) is 15.9 Å². The maximum atomic E-state index is 13.5. The average Bonchev–Trinajstić information content (AvgIpc) is 3.01. The normalized spacial score (nSPS) is 20.2. The van der Waals surface area contributed by atoms with Crippen molar-refractivity contribution < 1.29 is 13.2 Å². The van der Waals surface area contributed by atoms with Crippen molar-refractivity contribution in [2.45, 2.75) is 90.0 Å². The first kappa shape index (κ1) is 23.3. The Morgan fingerprint density at radius 2 is 1.40 bits per heavy atom. The predicted molar refractivity (Wildman–Crippen MR) is 121 cm³/mol. The molecule has 1 aliphatic carbocycles. The summed E-state index contributed by atoms with van der Waals surface area (Å²) >= 11 is 0. The molecule has 1 amide bonds. The highest BCUT2D eigenvalue weighted by molar-refractivity contribution is 7.89. The Labute approximate surface area is 182 Å². The molecule has 0 atom stereocenters. The van der Waals surface area contributed by atoms with Crippen molar-refractivity contribution in [2.24, 2.45) is 5.92 Å². The van der Waals surface area contributed by atoms with Gasteiger partial charge in [0, 0.05) is 32.1 Å². The second-order valence-corrected chi connectivity index (χ2v) is 11.2. The van der Waals surface area contributed by atoms with Crippen molar-refractivity contribution in [1.82, 2.24) is 9.21 Å². The van der Waals surface area contributed by atoms with Crippen molar-refractivity contribution in [2.75, 3.05) is 20.1 Å². The van der Waals surface area contributed by atoms with Crippen LogP contribution in [0, 0.1) is 33.6 Å². The highest BCUT2D eigenvalue weighted by atomic mass is 32.2. The lowest BCUT2D eigenvalue weighted by Gasteiger charge is -2.35. The molecule has 0 unspecified atom stereocenters. The zero-order valence-corrected chi connectivity index (χ0v) is 20.1. The number of aryl methyl sites for hydroxylation is 2. The maximum Gasteiger partial charge on any atom is 0.243 e. The van der Waals surface area contributed by atoms with E-state index in [1.807, 2.05) is 39.6 Å². The van der Waals surface area contributed by atoms with E-state index in [0.717, 1.165) is 35.1 Å². The molecule has 3 rings (SSSR count). The van der Waals surface area contributed by atoms with Gasteiger partial charge in [-0.15, -0.1) is 0 Å². The van der Waals surface area contributed by atoms with E-state index in [0.29, 0.717) is 36.9 Å². The molecule has 0 bridgehead atoms. The monoisotopic (exact) mass is 434 g/mol. The summed E-state index contributed by atoms with van der Waals surface area (Å²) in [6.07, 6.45) is 8.36. The van der Waals surface area contributed by atoms with Crippen LogP contribution in [0.1, 0.15) is 73.6 Å². The van der Waals surface area contributed by atoms with Crippen LogP contribution in [-0.4, -0.2) is 49.7 Å². The van der Waals surface area contributed by atoms with Gasteiger partial charge in [-0.2, -0.15) is 4.31 Å². The van der Waals surface area contributed by atoms with E-state index < -0.39 is 10.0 Å². The minimum atomic E-state index is -3.55. The molecular formula is C24H38N2O3S. The van der Waals surface area contributed by atoms with Gasteiger partial charge in [-0.25, -0.2) is 8.42 Å². The van der Waals surface area contributed by atoms with Crippen LogP contribution in [0.2, 0.25) is 0 Å². The van der Waals surface area contributed by atoms with Crippen LogP contribution >= 0.6 is 0 Å². The third kappa shape index (κ3) is 4.59. The third-order valence-corrected chi connectivity index (χ3v) is 9.59. The number of piperidine rings is 1. The molecule has 1 saturated heterocycles. The Bertz CT molecular complexity index is 852. The summed E-state index contributed by atoms with van der Waals surface area (Å²) in [5.74, 6) is 0.142. The summed E-state index contributed by atoms with van der Waals surface area (Å²) < 4.78 is 28.5. The highest BCUT2D eigenvalue weighted by Gasteiger charge is 2.36. The molecule has 1 heterocycles. The third-order valence-electron chi connectivity index (χ3n) is 7.42. The van der Waals surface area contributed by atoms with Crippen molar-refractivity contribution in [1.29, 1.82) is 0 Å². The van der Waals surface area contributed by atoms with Gasteiger partial charge in [-0.1, -0.05) is 31.7 Å². The molecule has 0 spiro atoms. The molecule has 1 aromatic rings. The van der Waals surface area contributed by atoms with Gasteiger partial charge in [0.1, 0.15) is 0 Å². The topological polar surface area (TPSA) is 57.7 Å². The minimum absolute atomic E-state index is 0.0638. The average molecular weight is 435 g/mol. The summed E-state index contributed by atoms with van der Waals surface area (Å²) in [6, 6.07) is 2.40. The Morgan fingerprint density at radius 3 is 1.90 bits per heavy atom. The van der Waals surface area contributed by atoms with Crippen molar-refractivity contribution >= 4 is 15.9 Å². The van der Waals surface area contributed by atoms with Gasteiger partial charge in [0.15, 0.2) is 0 Å². The van der Waals surface area contributed by atoms with Gasteiger partial charge >= 0.3 is 0 Å². The molecule has 0 aromatic heterocycles. The number of amides is 1. The standard InChI is InChI=1S/C24H38N2O3S/c1-17-16-18(2)20(4)23(19(17)3)30(28,29)26-14-12-21(13-15-26)24(27)25(5)22-10-8-6-7-9-11-22/h16,21-22H,6-15H2,1-5H3. The molecule has 1 aromatic carbocycles. The first-order valence-corrected chi connectivity index (χ1v) is 12.9. The summed E-state index contributed by atoms with van der Waals surface area (Å²) in [5.41, 5.74) is 3.69. The van der Waals surface area contributed by atoms with Crippen LogP contribution in [0.3, 0.4) is 0 Å². The number of carbonyl (C=O) groups excluding carboxylic acids is 1. The Hall–Kier alpha value is -1.40. The fourth-order valence-electron chi connectivity index (χ4n) is 5.15. The Morgan fingerprint density at radius 1 is 0.900 bits per heavy atom. The zero-order valence-electron chi connectivity index (χ0n) is 19.3. The predicted octanol–water partition coefficient (Wildman–Crippen LogP) is 4.50. The van der Waals surface area contributed by atoms with E-state index in [1.165, 1.54) is 25.7 Å². The van der Waals surface area contributed by atoms with Gasteiger partial charge in [-0.05, 0) is 75.6 Å². The van der Waals surface area contributed by atoms with E-state index in [4.69, 9.17) is 0 Å². The lowest BCUT2D eigenvalue weighted by molar-refractivity contribution is -0.137. The number of nitrogens with zero attached hydrogens (tertiary/aromatic N) is 2. The van der Waals surface area contributed by atoms with E-state index in [-0.39, 0.29) is 11.8 Å². The molecule has 5 nitrogen and oxygen atoms in total. The molecule has 30 heavy (non-hydrogen) atoms. The number of hydrogen-bond acceptors (Lipinski definition) is 3. The summed E-state index contributed by atoms with van der Waals surface area (Å²) in [5, 5.41) is 0. The van der Waals surface area contributed by atoms with Crippen LogP contribution in [-0.2, 0) is 14.8 Å². The van der Waals surface area contributed by atoms with Gasteiger partial charge in [0.05, 0.1) is 4.90 Å². The Balaban J connectivity index is 1.70. The lowest BCUT2D eigenvalue weighted by Crippen LogP contribution is -2.46. The van der Waals surface area contributed by atoms with Gasteiger partial charge in [-0.3, -0.25) is 4.79 Å². The molecule has 2 fully saturated rings. The van der Waals surface area contributed by atoms with Gasteiger partial charge in [0.25, 0.3) is 0 Å². The Kier molecular flexibility index (Phi) is 7.28. The summed E-state index contributed by atoms with van der Waals surface area (Å²) in [6.45, 7) is 8.57. The van der Waals surface area contributed by atoms with Crippen LogP contribution in [0.15, 0.2) is 11.0 Å². The van der Waals surface area contributed by atoms with E-state index in [9.17, 15) is 13.2 Å². The minimum Gasteiger partial charge on any atom is -0.343 e. The number of rotatable bonds is 4. The fourth-order valence-corrected chi connectivity index (χ4v) is 7.20. The quantitative estimate of drug-likeness (QED) is 0.656. The van der Waals surface area contributed by atoms with E-state index in [1.54, 1.807) is 4.31 Å². The molecule has 6 heteroatoms. The zero-order chi connectivity index (χ0) is 22.1. The molecule has 2 aliphatic rings. The van der Waals surface area contributed by atoms with Crippen molar-refractivity contribution in [3.05, 3.63) is 28.3 Å². The second-order valence-electron chi connectivity index (χ2n) is 9.36. The molecule has 0 N–H and O–H groups in total. The first-order valence-electron chi connectivity index (χ1n) is 11.5. The van der Waals surface area contributed by atoms with Crippen LogP contribution in [0.5, 0.6) is 0 Å². The number of hydrogen-bond donors (Lipinski definition) is 0.